The van der Waals surface area contributed by atoms with E-state index in [1.54, 1.807) is 18.2 Å². The molecule has 0 saturated heterocycles. The van der Waals surface area contributed by atoms with Gasteiger partial charge in [-0.1, -0.05) is 23.7 Å². The number of hydrogen-bond acceptors (Lipinski definition) is 4. The van der Waals surface area contributed by atoms with Crippen LogP contribution < -0.4 is 20.1 Å². The number of amides is 2. The molecule has 172 valence electrons. The molecule has 33 heavy (non-hydrogen) atoms. The van der Waals surface area contributed by atoms with Crippen LogP contribution in [-0.4, -0.2) is 25.5 Å². The zero-order valence-corrected chi connectivity index (χ0v) is 18.0. The number of benzene rings is 3. The van der Waals surface area contributed by atoms with Gasteiger partial charge in [-0.2, -0.15) is 13.2 Å². The molecule has 0 aliphatic carbocycles. The summed E-state index contributed by atoms with van der Waals surface area (Å²) in [7, 11) is 1.48. The first-order valence-electron chi connectivity index (χ1n) is 9.51. The lowest BCUT2D eigenvalue weighted by atomic mass is 10.1. The van der Waals surface area contributed by atoms with E-state index in [4.69, 9.17) is 21.1 Å². The number of hydrogen-bond donors (Lipinski definition) is 2. The SMILES string of the molecule is COc1ccc(NC(=O)c2ccc(OCC(=O)Nc3ccccc3C(F)(F)F)cc2)cc1Cl. The van der Waals surface area contributed by atoms with Crippen LogP contribution in [0.2, 0.25) is 5.02 Å². The van der Waals surface area contributed by atoms with Crippen molar-refractivity contribution in [2.75, 3.05) is 24.4 Å². The van der Waals surface area contributed by atoms with Gasteiger partial charge in [0.25, 0.3) is 11.8 Å². The Morgan fingerprint density at radius 1 is 0.970 bits per heavy atom. The summed E-state index contributed by atoms with van der Waals surface area (Å²) < 4.78 is 49.4. The van der Waals surface area contributed by atoms with Gasteiger partial charge in [0, 0.05) is 11.3 Å². The van der Waals surface area contributed by atoms with Crippen molar-refractivity contribution >= 4 is 34.8 Å². The molecular formula is C23H18ClF3N2O4. The highest BCUT2D eigenvalue weighted by atomic mass is 35.5. The number of alkyl halides is 3. The maximum Gasteiger partial charge on any atom is 0.418 e. The lowest BCUT2D eigenvalue weighted by molar-refractivity contribution is -0.137. The normalized spacial score (nSPS) is 10.9. The second-order valence-electron chi connectivity index (χ2n) is 6.71. The number of carbonyl (C=O) groups excluding carboxylic acids is 2. The molecular weight excluding hydrogens is 461 g/mol. The summed E-state index contributed by atoms with van der Waals surface area (Å²) in [4.78, 5) is 24.4. The molecule has 0 saturated carbocycles. The van der Waals surface area contributed by atoms with Crippen molar-refractivity contribution < 1.29 is 32.2 Å². The van der Waals surface area contributed by atoms with E-state index >= 15 is 0 Å². The number of methoxy groups -OCH3 is 1. The highest BCUT2D eigenvalue weighted by molar-refractivity contribution is 6.32. The molecule has 3 aromatic carbocycles. The zero-order chi connectivity index (χ0) is 24.0. The molecule has 0 aliphatic heterocycles. The van der Waals surface area contributed by atoms with Crippen LogP contribution in [0, 0.1) is 0 Å². The Hall–Kier alpha value is -3.72. The third-order valence-electron chi connectivity index (χ3n) is 4.40. The third-order valence-corrected chi connectivity index (χ3v) is 4.70. The van der Waals surface area contributed by atoms with Crippen molar-refractivity contribution in [1.29, 1.82) is 0 Å². The van der Waals surface area contributed by atoms with Crippen molar-refractivity contribution in [3.05, 3.63) is 82.9 Å². The molecule has 0 spiro atoms. The van der Waals surface area contributed by atoms with Crippen molar-refractivity contribution in [2.24, 2.45) is 0 Å². The zero-order valence-electron chi connectivity index (χ0n) is 17.2. The molecule has 3 aromatic rings. The topological polar surface area (TPSA) is 76.7 Å². The molecule has 3 rings (SSSR count). The molecule has 0 bridgehead atoms. The van der Waals surface area contributed by atoms with Crippen LogP contribution >= 0.6 is 11.6 Å². The van der Waals surface area contributed by atoms with Crippen LogP contribution in [0.4, 0.5) is 24.5 Å². The number of anilines is 2. The van der Waals surface area contributed by atoms with Crippen LogP contribution in [0.15, 0.2) is 66.7 Å². The monoisotopic (exact) mass is 478 g/mol. The van der Waals surface area contributed by atoms with E-state index in [0.29, 0.717) is 22.0 Å². The van der Waals surface area contributed by atoms with Crippen LogP contribution in [0.3, 0.4) is 0 Å². The number of carbonyl (C=O) groups is 2. The third kappa shape index (κ3) is 6.39. The van der Waals surface area contributed by atoms with Crippen molar-refractivity contribution in [2.45, 2.75) is 6.18 Å². The molecule has 0 heterocycles. The number of rotatable bonds is 7. The molecule has 2 amide bonds. The molecule has 0 fully saturated rings. The molecule has 0 atom stereocenters. The fourth-order valence-corrected chi connectivity index (χ4v) is 3.08. The summed E-state index contributed by atoms with van der Waals surface area (Å²) in [5, 5.41) is 5.22. The van der Waals surface area contributed by atoms with E-state index in [0.717, 1.165) is 12.1 Å². The van der Waals surface area contributed by atoms with Gasteiger partial charge < -0.3 is 20.1 Å². The van der Waals surface area contributed by atoms with Crippen molar-refractivity contribution in [3.8, 4) is 11.5 Å². The summed E-state index contributed by atoms with van der Waals surface area (Å²) in [5.74, 6) is -0.422. The Bertz CT molecular complexity index is 1150. The van der Waals surface area contributed by atoms with Gasteiger partial charge >= 0.3 is 6.18 Å². The predicted octanol–water partition coefficient (Wildman–Crippen LogP) is 5.64. The first-order valence-corrected chi connectivity index (χ1v) is 9.89. The van der Waals surface area contributed by atoms with Gasteiger partial charge in [0.2, 0.25) is 0 Å². The standard InChI is InChI=1S/C23H18ClF3N2O4/c1-32-20-11-8-15(12-18(20)24)28-22(31)14-6-9-16(10-7-14)33-13-21(30)29-19-5-3-2-4-17(19)23(25,26)27/h2-12H,13H2,1H3,(H,28,31)(H,29,30). The average Bonchev–Trinajstić information content (AvgIpc) is 2.78. The summed E-state index contributed by atoms with van der Waals surface area (Å²) in [5.41, 5.74) is -0.518. The first kappa shape index (κ1) is 23.9. The van der Waals surface area contributed by atoms with E-state index in [1.165, 1.54) is 43.5 Å². The smallest absolute Gasteiger partial charge is 0.418 e. The minimum absolute atomic E-state index is 0.262. The molecule has 2 N–H and O–H groups in total. The van der Waals surface area contributed by atoms with E-state index in [2.05, 4.69) is 10.6 Å². The Labute approximate surface area is 192 Å². The van der Waals surface area contributed by atoms with Gasteiger partial charge in [-0.05, 0) is 54.6 Å². The van der Waals surface area contributed by atoms with E-state index in [-0.39, 0.29) is 11.4 Å². The number of para-hydroxylation sites is 1. The summed E-state index contributed by atoms with van der Waals surface area (Å²) in [6.07, 6.45) is -4.60. The van der Waals surface area contributed by atoms with Gasteiger partial charge in [0.1, 0.15) is 11.5 Å². The molecule has 6 nitrogen and oxygen atoms in total. The number of halogens is 4. The van der Waals surface area contributed by atoms with Gasteiger partial charge in [0.05, 0.1) is 23.4 Å². The van der Waals surface area contributed by atoms with Gasteiger partial charge in [0.15, 0.2) is 6.61 Å². The molecule has 10 heteroatoms. The van der Waals surface area contributed by atoms with Gasteiger partial charge in [-0.15, -0.1) is 0 Å². The van der Waals surface area contributed by atoms with Crippen molar-refractivity contribution in [1.82, 2.24) is 0 Å². The summed E-state index contributed by atoms with van der Waals surface area (Å²) >= 11 is 6.04. The number of ether oxygens (including phenoxy) is 2. The highest BCUT2D eigenvalue weighted by Gasteiger charge is 2.33. The molecule has 0 unspecified atom stereocenters. The summed E-state index contributed by atoms with van der Waals surface area (Å²) in [6.45, 7) is -0.512. The largest absolute Gasteiger partial charge is 0.495 e. The van der Waals surface area contributed by atoms with Crippen LogP contribution in [0.1, 0.15) is 15.9 Å². The quantitative estimate of drug-likeness (QED) is 0.461. The Morgan fingerprint density at radius 3 is 2.30 bits per heavy atom. The molecule has 0 aromatic heterocycles. The molecule has 0 aliphatic rings. The molecule has 0 radical (unpaired) electrons. The van der Waals surface area contributed by atoms with E-state index < -0.39 is 30.2 Å². The lowest BCUT2D eigenvalue weighted by Crippen LogP contribution is -2.22. The maximum atomic E-state index is 13.0. The van der Waals surface area contributed by atoms with E-state index in [9.17, 15) is 22.8 Å². The minimum Gasteiger partial charge on any atom is -0.495 e. The van der Waals surface area contributed by atoms with Crippen LogP contribution in [-0.2, 0) is 11.0 Å². The first-order chi connectivity index (χ1) is 15.7. The fraction of sp³-hybridized carbons (Fsp3) is 0.130. The van der Waals surface area contributed by atoms with Crippen molar-refractivity contribution in [3.63, 3.8) is 0 Å². The average molecular weight is 479 g/mol. The highest BCUT2D eigenvalue weighted by Crippen LogP contribution is 2.34. The Morgan fingerprint density at radius 2 is 1.67 bits per heavy atom. The number of nitrogens with one attached hydrogen (secondary N) is 2. The van der Waals surface area contributed by atoms with E-state index in [1.807, 2.05) is 0 Å². The predicted molar refractivity (Wildman–Crippen MR) is 118 cm³/mol. The fourth-order valence-electron chi connectivity index (χ4n) is 2.82. The Kier molecular flexibility index (Phi) is 7.44. The van der Waals surface area contributed by atoms with Crippen LogP contribution in [0.25, 0.3) is 0 Å². The van der Waals surface area contributed by atoms with Gasteiger partial charge in [-0.25, -0.2) is 0 Å². The lowest BCUT2D eigenvalue weighted by Gasteiger charge is -2.14. The van der Waals surface area contributed by atoms with Crippen LogP contribution in [0.5, 0.6) is 11.5 Å². The Balaban J connectivity index is 1.56. The maximum absolute atomic E-state index is 13.0. The minimum atomic E-state index is -4.60. The second-order valence-corrected chi connectivity index (χ2v) is 7.12. The summed E-state index contributed by atoms with van der Waals surface area (Å²) in [6, 6.07) is 15.3. The second kappa shape index (κ2) is 10.3. The van der Waals surface area contributed by atoms with Gasteiger partial charge in [-0.3, -0.25) is 9.59 Å².